The normalized spacial score (nSPS) is 16.1. The number of hydrogen-bond donors (Lipinski definition) is 1. The first-order chi connectivity index (χ1) is 9.08. The first kappa shape index (κ1) is 14.0. The Morgan fingerprint density at radius 2 is 2.00 bits per heavy atom. The Morgan fingerprint density at radius 1 is 1.32 bits per heavy atom. The van der Waals surface area contributed by atoms with Gasteiger partial charge in [-0.25, -0.2) is 5.01 Å². The molecule has 1 saturated heterocycles. The summed E-state index contributed by atoms with van der Waals surface area (Å²) >= 11 is 3.24. The van der Waals surface area contributed by atoms with Crippen molar-refractivity contribution < 1.29 is 9.72 Å². The van der Waals surface area contributed by atoms with Crippen molar-refractivity contribution in [2.75, 3.05) is 13.1 Å². The summed E-state index contributed by atoms with van der Waals surface area (Å²) in [4.78, 5) is 22.3. The summed E-state index contributed by atoms with van der Waals surface area (Å²) in [6.07, 6.45) is 3.28. The second kappa shape index (κ2) is 6.12. The fourth-order valence-electron chi connectivity index (χ4n) is 2.01. The minimum Gasteiger partial charge on any atom is -0.285 e. The lowest BCUT2D eigenvalue weighted by molar-refractivity contribution is -0.384. The van der Waals surface area contributed by atoms with Gasteiger partial charge in [0.05, 0.1) is 10.5 Å². The average Bonchev–Trinajstić information content (AvgIpc) is 2.40. The van der Waals surface area contributed by atoms with E-state index in [4.69, 9.17) is 0 Å². The zero-order valence-corrected chi connectivity index (χ0v) is 11.9. The van der Waals surface area contributed by atoms with Crippen molar-refractivity contribution in [2.45, 2.75) is 19.3 Å². The number of nitrogens with zero attached hydrogens (tertiary/aromatic N) is 2. The van der Waals surface area contributed by atoms with Gasteiger partial charge in [-0.15, -0.1) is 0 Å². The summed E-state index contributed by atoms with van der Waals surface area (Å²) in [5.41, 5.74) is 2.97. The molecule has 1 aromatic carbocycles. The maximum atomic E-state index is 12.1. The predicted molar refractivity (Wildman–Crippen MR) is 73.7 cm³/mol. The summed E-state index contributed by atoms with van der Waals surface area (Å²) in [5.74, 6) is -0.322. The van der Waals surface area contributed by atoms with Crippen LogP contribution in [0.2, 0.25) is 0 Å². The third-order valence-electron chi connectivity index (χ3n) is 3.02. The van der Waals surface area contributed by atoms with Gasteiger partial charge < -0.3 is 0 Å². The molecule has 0 spiro atoms. The third-order valence-corrected chi connectivity index (χ3v) is 3.71. The van der Waals surface area contributed by atoms with Crippen molar-refractivity contribution in [2.24, 2.45) is 0 Å². The lowest BCUT2D eigenvalue weighted by atomic mass is 10.1. The summed E-state index contributed by atoms with van der Waals surface area (Å²) in [5, 5.41) is 12.6. The maximum absolute atomic E-state index is 12.1. The molecular formula is C12H14BrN3O3. The number of nitro groups is 1. The molecular weight excluding hydrogens is 314 g/mol. The molecule has 0 aliphatic carbocycles. The molecule has 1 aromatic rings. The highest BCUT2D eigenvalue weighted by Crippen LogP contribution is 2.22. The minimum absolute atomic E-state index is 0.0907. The molecule has 0 saturated carbocycles. The summed E-state index contributed by atoms with van der Waals surface area (Å²) in [7, 11) is 0. The first-order valence-corrected chi connectivity index (χ1v) is 6.87. The SMILES string of the molecule is O=C(NN1CCCCC1)c1cc([N+](=O)[O-])ccc1Br. The van der Waals surface area contributed by atoms with Gasteiger partial charge in [-0.1, -0.05) is 6.42 Å². The molecule has 0 atom stereocenters. The van der Waals surface area contributed by atoms with Gasteiger partial charge in [0, 0.05) is 29.7 Å². The van der Waals surface area contributed by atoms with Crippen molar-refractivity contribution in [3.63, 3.8) is 0 Å². The van der Waals surface area contributed by atoms with Crippen LogP contribution in [0, 0.1) is 10.1 Å². The Balaban J connectivity index is 2.13. The molecule has 0 radical (unpaired) electrons. The van der Waals surface area contributed by atoms with Crippen LogP contribution >= 0.6 is 15.9 Å². The van der Waals surface area contributed by atoms with Gasteiger partial charge in [-0.3, -0.25) is 20.3 Å². The summed E-state index contributed by atoms with van der Waals surface area (Å²) < 4.78 is 0.549. The van der Waals surface area contributed by atoms with E-state index in [9.17, 15) is 14.9 Å². The predicted octanol–water partition coefficient (Wildman–Crippen LogP) is 2.49. The fourth-order valence-corrected chi connectivity index (χ4v) is 2.44. The molecule has 6 nitrogen and oxygen atoms in total. The number of non-ortho nitro benzene ring substituents is 1. The highest BCUT2D eigenvalue weighted by Gasteiger charge is 2.18. The number of amides is 1. The van der Waals surface area contributed by atoms with Crippen LogP contribution in [-0.4, -0.2) is 28.9 Å². The van der Waals surface area contributed by atoms with Crippen LogP contribution in [0.1, 0.15) is 29.6 Å². The number of nitrogens with one attached hydrogen (secondary N) is 1. The number of halogens is 1. The lowest BCUT2D eigenvalue weighted by Crippen LogP contribution is -2.45. The van der Waals surface area contributed by atoms with Gasteiger partial charge in [-0.2, -0.15) is 0 Å². The molecule has 1 aliphatic rings. The van der Waals surface area contributed by atoms with Crippen LogP contribution in [0.3, 0.4) is 0 Å². The molecule has 19 heavy (non-hydrogen) atoms. The molecule has 1 amide bonds. The number of carbonyl (C=O) groups excluding carboxylic acids is 1. The van der Waals surface area contributed by atoms with Crippen LogP contribution in [0.25, 0.3) is 0 Å². The monoisotopic (exact) mass is 327 g/mol. The molecule has 1 aliphatic heterocycles. The molecule has 2 rings (SSSR count). The topological polar surface area (TPSA) is 75.5 Å². The molecule has 0 unspecified atom stereocenters. The van der Waals surface area contributed by atoms with Crippen molar-refractivity contribution in [1.29, 1.82) is 0 Å². The fraction of sp³-hybridized carbons (Fsp3) is 0.417. The van der Waals surface area contributed by atoms with Crippen LogP contribution in [-0.2, 0) is 0 Å². The van der Waals surface area contributed by atoms with Crippen molar-refractivity contribution >= 4 is 27.5 Å². The Kier molecular flexibility index (Phi) is 4.49. The van der Waals surface area contributed by atoms with E-state index in [-0.39, 0.29) is 17.2 Å². The highest BCUT2D eigenvalue weighted by atomic mass is 79.9. The smallest absolute Gasteiger partial charge is 0.270 e. The van der Waals surface area contributed by atoms with E-state index in [0.29, 0.717) is 4.47 Å². The lowest BCUT2D eigenvalue weighted by Gasteiger charge is -2.26. The molecule has 1 N–H and O–H groups in total. The van der Waals surface area contributed by atoms with E-state index in [1.54, 1.807) is 0 Å². The molecule has 7 heteroatoms. The van der Waals surface area contributed by atoms with Gasteiger partial charge in [0.25, 0.3) is 11.6 Å². The van der Waals surface area contributed by atoms with Gasteiger partial charge in [0.2, 0.25) is 0 Å². The van der Waals surface area contributed by atoms with E-state index in [1.165, 1.54) is 24.6 Å². The van der Waals surface area contributed by atoms with Crippen LogP contribution in [0.15, 0.2) is 22.7 Å². The number of hydrazine groups is 1. The quantitative estimate of drug-likeness (QED) is 0.683. The molecule has 0 aromatic heterocycles. The number of piperidine rings is 1. The van der Waals surface area contributed by atoms with Gasteiger partial charge in [-0.05, 0) is 34.8 Å². The second-order valence-electron chi connectivity index (χ2n) is 4.41. The van der Waals surface area contributed by atoms with E-state index >= 15 is 0 Å². The number of carbonyl (C=O) groups is 1. The zero-order chi connectivity index (χ0) is 13.8. The van der Waals surface area contributed by atoms with E-state index < -0.39 is 4.92 Å². The standard InChI is InChI=1S/C12H14BrN3O3/c13-11-5-4-9(16(18)19)8-10(11)12(17)14-15-6-2-1-3-7-15/h4-5,8H,1-3,6-7H2,(H,14,17). The van der Waals surface area contributed by atoms with Gasteiger partial charge in [0.1, 0.15) is 0 Å². The molecule has 0 bridgehead atoms. The number of benzene rings is 1. The van der Waals surface area contributed by atoms with Crippen LogP contribution in [0.5, 0.6) is 0 Å². The molecule has 102 valence electrons. The van der Waals surface area contributed by atoms with E-state index in [1.807, 2.05) is 5.01 Å². The van der Waals surface area contributed by atoms with Gasteiger partial charge in [0.15, 0.2) is 0 Å². The Morgan fingerprint density at radius 3 is 2.63 bits per heavy atom. The maximum Gasteiger partial charge on any atom is 0.270 e. The largest absolute Gasteiger partial charge is 0.285 e. The third kappa shape index (κ3) is 3.51. The van der Waals surface area contributed by atoms with Crippen LogP contribution < -0.4 is 5.43 Å². The second-order valence-corrected chi connectivity index (χ2v) is 5.26. The average molecular weight is 328 g/mol. The molecule has 1 heterocycles. The zero-order valence-electron chi connectivity index (χ0n) is 10.3. The Bertz CT molecular complexity index is 501. The van der Waals surface area contributed by atoms with E-state index in [2.05, 4.69) is 21.4 Å². The number of rotatable bonds is 3. The first-order valence-electron chi connectivity index (χ1n) is 6.08. The van der Waals surface area contributed by atoms with Crippen molar-refractivity contribution in [3.05, 3.63) is 38.3 Å². The van der Waals surface area contributed by atoms with Crippen molar-refractivity contribution in [1.82, 2.24) is 10.4 Å². The summed E-state index contributed by atoms with van der Waals surface area (Å²) in [6, 6.07) is 4.16. The highest BCUT2D eigenvalue weighted by molar-refractivity contribution is 9.10. The van der Waals surface area contributed by atoms with Crippen LogP contribution in [0.4, 0.5) is 5.69 Å². The molecule has 1 fully saturated rings. The minimum atomic E-state index is -0.510. The summed E-state index contributed by atoms with van der Waals surface area (Å²) in [6.45, 7) is 1.64. The van der Waals surface area contributed by atoms with Crippen molar-refractivity contribution in [3.8, 4) is 0 Å². The number of nitro benzene ring substituents is 1. The Hall–Kier alpha value is -1.47. The van der Waals surface area contributed by atoms with E-state index in [0.717, 1.165) is 25.9 Å². The Labute approximate surface area is 119 Å². The number of hydrogen-bond acceptors (Lipinski definition) is 4. The van der Waals surface area contributed by atoms with Gasteiger partial charge >= 0.3 is 0 Å².